The topological polar surface area (TPSA) is 123 Å². The highest BCUT2D eigenvalue weighted by Gasteiger charge is 2.42. The number of carbonyl (C=O) groups is 1. The van der Waals surface area contributed by atoms with Crippen molar-refractivity contribution in [3.8, 4) is 11.3 Å². The molecule has 2 N–H and O–H groups in total. The standard InChI is InChI=1S/C27H23N5O5S/c1-36-16-24(33)29-17-9-11-18(12-10-17)31-26(25(30-27(31)38)20-7-4-5-15-28-20)23-14-13-22(37-23)19-6-2-3-8-21(19)32(34)35/h2-15,25-26H,16H2,1H3,(H,29,33)(H,30,38)/t25-,26-/m0/s1. The van der Waals surface area contributed by atoms with E-state index in [1.807, 2.05) is 35.2 Å². The van der Waals surface area contributed by atoms with E-state index >= 15 is 0 Å². The second-order valence-electron chi connectivity index (χ2n) is 8.50. The maximum Gasteiger partial charge on any atom is 0.280 e. The molecule has 1 aliphatic rings. The summed E-state index contributed by atoms with van der Waals surface area (Å²) < 4.78 is 11.1. The Kier molecular flexibility index (Phi) is 7.11. The van der Waals surface area contributed by atoms with Gasteiger partial charge in [0.05, 0.1) is 22.2 Å². The zero-order chi connectivity index (χ0) is 26.6. The number of amides is 1. The molecule has 11 heteroatoms. The zero-order valence-electron chi connectivity index (χ0n) is 20.2. The normalized spacial score (nSPS) is 16.8. The molecule has 1 saturated heterocycles. The van der Waals surface area contributed by atoms with Crippen LogP contribution >= 0.6 is 12.2 Å². The smallest absolute Gasteiger partial charge is 0.280 e. The van der Waals surface area contributed by atoms with Crippen LogP contribution in [0.25, 0.3) is 11.3 Å². The minimum absolute atomic E-state index is 0.0438. The van der Waals surface area contributed by atoms with Crippen molar-refractivity contribution in [2.45, 2.75) is 12.1 Å². The van der Waals surface area contributed by atoms with Gasteiger partial charge in [-0.2, -0.15) is 0 Å². The summed E-state index contributed by atoms with van der Waals surface area (Å²) in [4.78, 5) is 29.5. The van der Waals surface area contributed by atoms with Crippen molar-refractivity contribution in [2.75, 3.05) is 23.9 Å². The van der Waals surface area contributed by atoms with Crippen LogP contribution in [0.5, 0.6) is 0 Å². The Morgan fingerprint density at radius 2 is 1.89 bits per heavy atom. The van der Waals surface area contributed by atoms with Crippen LogP contribution in [0.2, 0.25) is 0 Å². The van der Waals surface area contributed by atoms with E-state index in [-0.39, 0.29) is 24.2 Å². The van der Waals surface area contributed by atoms with Gasteiger partial charge in [0.15, 0.2) is 5.11 Å². The number of carbonyl (C=O) groups excluding carboxylic acids is 1. The summed E-state index contributed by atoms with van der Waals surface area (Å²) in [5.41, 5.74) is 2.48. The highest BCUT2D eigenvalue weighted by atomic mass is 32.1. The van der Waals surface area contributed by atoms with Crippen LogP contribution in [-0.2, 0) is 9.53 Å². The summed E-state index contributed by atoms with van der Waals surface area (Å²) >= 11 is 5.74. The first-order chi connectivity index (χ1) is 18.5. The fourth-order valence-electron chi connectivity index (χ4n) is 4.45. The number of hydrogen-bond donors (Lipinski definition) is 2. The largest absolute Gasteiger partial charge is 0.459 e. The number of para-hydroxylation sites is 1. The van der Waals surface area contributed by atoms with Crippen molar-refractivity contribution in [3.05, 3.63) is 107 Å². The number of methoxy groups -OCH3 is 1. The molecule has 0 radical (unpaired) electrons. The SMILES string of the molecule is COCC(=O)Nc1ccc(N2C(=S)N[C@@H](c3ccccn3)[C@@H]2c2ccc(-c3ccccc3[N+](=O)[O-])o2)cc1. The number of aromatic nitrogens is 1. The van der Waals surface area contributed by atoms with Crippen molar-refractivity contribution >= 4 is 40.3 Å². The molecule has 10 nitrogen and oxygen atoms in total. The van der Waals surface area contributed by atoms with Gasteiger partial charge in [0, 0.05) is 30.7 Å². The molecule has 2 aromatic heterocycles. The van der Waals surface area contributed by atoms with Gasteiger partial charge in [0.2, 0.25) is 5.91 Å². The lowest BCUT2D eigenvalue weighted by atomic mass is 10.0. The highest BCUT2D eigenvalue weighted by Crippen LogP contribution is 2.43. The van der Waals surface area contributed by atoms with E-state index in [0.717, 1.165) is 11.4 Å². The van der Waals surface area contributed by atoms with Gasteiger partial charge in [-0.05, 0) is 66.8 Å². The van der Waals surface area contributed by atoms with Gasteiger partial charge in [0.25, 0.3) is 5.69 Å². The minimum Gasteiger partial charge on any atom is -0.459 e. The zero-order valence-corrected chi connectivity index (χ0v) is 21.1. The van der Waals surface area contributed by atoms with Gasteiger partial charge in [-0.3, -0.25) is 19.9 Å². The Balaban J connectivity index is 1.53. The Hall–Kier alpha value is -4.61. The minimum atomic E-state index is -0.442. The highest BCUT2D eigenvalue weighted by molar-refractivity contribution is 7.80. The Morgan fingerprint density at radius 3 is 2.61 bits per heavy atom. The van der Waals surface area contributed by atoms with Crippen LogP contribution in [0.3, 0.4) is 0 Å². The van der Waals surface area contributed by atoms with E-state index < -0.39 is 11.0 Å². The summed E-state index contributed by atoms with van der Waals surface area (Å²) in [5, 5.41) is 18.2. The van der Waals surface area contributed by atoms with Gasteiger partial charge in [-0.15, -0.1) is 0 Å². The molecule has 1 amide bonds. The monoisotopic (exact) mass is 529 g/mol. The van der Waals surface area contributed by atoms with Crippen LogP contribution in [-0.4, -0.2) is 34.6 Å². The molecule has 0 aliphatic carbocycles. The maximum atomic E-state index is 11.9. The summed E-state index contributed by atoms with van der Waals surface area (Å²) in [6.45, 7) is -0.0455. The lowest BCUT2D eigenvalue weighted by Crippen LogP contribution is -2.29. The lowest BCUT2D eigenvalue weighted by molar-refractivity contribution is -0.384. The third-order valence-corrected chi connectivity index (χ3v) is 6.40. The van der Waals surface area contributed by atoms with E-state index in [4.69, 9.17) is 21.4 Å². The van der Waals surface area contributed by atoms with Gasteiger partial charge in [-0.1, -0.05) is 18.2 Å². The molecule has 192 valence electrons. The fraction of sp³-hybridized carbons (Fsp3) is 0.148. The van der Waals surface area contributed by atoms with E-state index in [2.05, 4.69) is 15.6 Å². The lowest BCUT2D eigenvalue weighted by Gasteiger charge is -2.26. The van der Waals surface area contributed by atoms with Gasteiger partial charge >= 0.3 is 0 Å². The van der Waals surface area contributed by atoms with Gasteiger partial charge in [0.1, 0.15) is 24.2 Å². The summed E-state index contributed by atoms with van der Waals surface area (Å²) in [6.07, 6.45) is 1.71. The van der Waals surface area contributed by atoms with E-state index in [0.29, 0.717) is 27.9 Å². The summed E-state index contributed by atoms with van der Waals surface area (Å²) in [5.74, 6) is 0.671. The third-order valence-electron chi connectivity index (χ3n) is 6.09. The molecule has 0 saturated carbocycles. The van der Waals surface area contributed by atoms with E-state index in [1.54, 1.807) is 48.7 Å². The first-order valence-corrected chi connectivity index (χ1v) is 12.1. The number of nitro groups is 1. The Bertz CT molecular complexity index is 1470. The molecule has 4 aromatic rings. The van der Waals surface area contributed by atoms with Gasteiger partial charge in [-0.25, -0.2) is 0 Å². The molecule has 0 spiro atoms. The van der Waals surface area contributed by atoms with Crippen molar-refractivity contribution < 1.29 is 18.9 Å². The molecule has 1 fully saturated rings. The maximum absolute atomic E-state index is 11.9. The molecule has 3 heterocycles. The number of nitrogens with zero attached hydrogens (tertiary/aromatic N) is 3. The predicted molar refractivity (Wildman–Crippen MR) is 146 cm³/mol. The first-order valence-electron chi connectivity index (χ1n) is 11.7. The number of hydrogen-bond acceptors (Lipinski definition) is 7. The van der Waals surface area contributed by atoms with E-state index in [9.17, 15) is 14.9 Å². The molecule has 2 atom stereocenters. The Morgan fingerprint density at radius 1 is 1.13 bits per heavy atom. The average molecular weight is 530 g/mol. The van der Waals surface area contributed by atoms with Crippen LogP contribution in [0.4, 0.5) is 17.1 Å². The van der Waals surface area contributed by atoms with Crippen molar-refractivity contribution in [2.24, 2.45) is 0 Å². The summed E-state index contributed by atoms with van der Waals surface area (Å²) in [6, 6.07) is 22.0. The van der Waals surface area contributed by atoms with Crippen LogP contribution in [0, 0.1) is 10.1 Å². The second kappa shape index (κ2) is 10.8. The molecular formula is C27H23N5O5S. The van der Waals surface area contributed by atoms with Crippen molar-refractivity contribution in [1.29, 1.82) is 0 Å². The quantitative estimate of drug-likeness (QED) is 0.184. The first kappa shape index (κ1) is 25.1. The number of pyridine rings is 1. The number of anilines is 2. The van der Waals surface area contributed by atoms with Crippen LogP contribution < -0.4 is 15.5 Å². The molecule has 38 heavy (non-hydrogen) atoms. The predicted octanol–water partition coefficient (Wildman–Crippen LogP) is 5.01. The van der Waals surface area contributed by atoms with Crippen LogP contribution in [0.15, 0.2) is 89.5 Å². The third kappa shape index (κ3) is 4.97. The van der Waals surface area contributed by atoms with Crippen molar-refractivity contribution in [1.82, 2.24) is 10.3 Å². The number of furan rings is 1. The number of rotatable bonds is 8. The van der Waals surface area contributed by atoms with E-state index in [1.165, 1.54) is 13.2 Å². The number of ether oxygens (including phenoxy) is 1. The van der Waals surface area contributed by atoms with Crippen LogP contribution in [0.1, 0.15) is 23.5 Å². The molecular weight excluding hydrogens is 506 g/mol. The number of benzene rings is 2. The molecule has 1 aliphatic heterocycles. The molecule has 5 rings (SSSR count). The molecule has 0 unspecified atom stereocenters. The number of nitrogens with one attached hydrogen (secondary N) is 2. The molecule has 0 bridgehead atoms. The summed E-state index contributed by atoms with van der Waals surface area (Å²) in [7, 11) is 1.46. The second-order valence-corrected chi connectivity index (χ2v) is 8.89. The number of thiocarbonyl (C=S) groups is 1. The van der Waals surface area contributed by atoms with Crippen molar-refractivity contribution in [3.63, 3.8) is 0 Å². The molecule has 2 aromatic carbocycles. The number of nitro benzene ring substituents is 1. The fourth-order valence-corrected chi connectivity index (χ4v) is 4.80. The Labute approximate surface area is 223 Å². The average Bonchev–Trinajstić information content (AvgIpc) is 3.54. The van der Waals surface area contributed by atoms with Gasteiger partial charge < -0.3 is 24.7 Å².